The fourth-order valence-electron chi connectivity index (χ4n) is 2.27. The molecular weight excluding hydrogens is 310 g/mol. The summed E-state index contributed by atoms with van der Waals surface area (Å²) in [7, 11) is 0. The predicted octanol–water partition coefficient (Wildman–Crippen LogP) is 3.29. The zero-order valence-corrected chi connectivity index (χ0v) is 13.6. The van der Waals surface area contributed by atoms with Gasteiger partial charge in [0, 0.05) is 11.9 Å². The van der Waals surface area contributed by atoms with Crippen molar-refractivity contribution in [1.82, 2.24) is 14.5 Å². The molecule has 0 aliphatic heterocycles. The van der Waals surface area contributed by atoms with Crippen molar-refractivity contribution < 1.29 is 9.53 Å². The Morgan fingerprint density at radius 3 is 2.83 bits per heavy atom. The SMILES string of the molecule is CCOC(=O)Cn1c(SCc2ccccn2)nc2ccccc21. The van der Waals surface area contributed by atoms with E-state index in [1.807, 2.05) is 47.0 Å². The summed E-state index contributed by atoms with van der Waals surface area (Å²) in [6.07, 6.45) is 1.78. The molecule has 0 bridgehead atoms. The molecule has 3 aromatic rings. The molecule has 0 N–H and O–H groups in total. The fraction of sp³-hybridized carbons (Fsp3) is 0.235. The second-order valence-electron chi connectivity index (χ2n) is 4.88. The third-order valence-corrected chi connectivity index (χ3v) is 4.30. The molecule has 3 rings (SSSR count). The van der Waals surface area contributed by atoms with Crippen molar-refractivity contribution in [2.75, 3.05) is 6.61 Å². The summed E-state index contributed by atoms with van der Waals surface area (Å²) in [4.78, 5) is 20.8. The number of rotatable bonds is 6. The summed E-state index contributed by atoms with van der Waals surface area (Å²) >= 11 is 1.57. The van der Waals surface area contributed by atoms with Gasteiger partial charge in [-0.25, -0.2) is 4.98 Å². The van der Waals surface area contributed by atoms with Crippen LogP contribution < -0.4 is 0 Å². The Morgan fingerprint density at radius 2 is 2.04 bits per heavy atom. The van der Waals surface area contributed by atoms with Crippen molar-refractivity contribution in [2.24, 2.45) is 0 Å². The number of aromatic nitrogens is 3. The number of nitrogens with zero attached hydrogens (tertiary/aromatic N) is 3. The van der Waals surface area contributed by atoms with E-state index in [9.17, 15) is 4.79 Å². The molecule has 0 spiro atoms. The van der Waals surface area contributed by atoms with Gasteiger partial charge >= 0.3 is 5.97 Å². The third-order valence-electron chi connectivity index (χ3n) is 3.29. The van der Waals surface area contributed by atoms with Crippen LogP contribution >= 0.6 is 11.8 Å². The quantitative estimate of drug-likeness (QED) is 0.514. The highest BCUT2D eigenvalue weighted by molar-refractivity contribution is 7.98. The van der Waals surface area contributed by atoms with Gasteiger partial charge in [-0.15, -0.1) is 0 Å². The average Bonchev–Trinajstić information content (AvgIpc) is 2.92. The maximum Gasteiger partial charge on any atom is 0.326 e. The van der Waals surface area contributed by atoms with Gasteiger partial charge in [-0.1, -0.05) is 30.0 Å². The molecule has 0 saturated heterocycles. The van der Waals surface area contributed by atoms with Crippen molar-refractivity contribution in [3.63, 3.8) is 0 Å². The number of esters is 1. The van der Waals surface area contributed by atoms with E-state index in [0.29, 0.717) is 12.4 Å². The van der Waals surface area contributed by atoms with Crippen LogP contribution in [0.4, 0.5) is 0 Å². The van der Waals surface area contributed by atoms with E-state index in [4.69, 9.17) is 4.74 Å². The van der Waals surface area contributed by atoms with Gasteiger partial charge in [-0.3, -0.25) is 9.78 Å². The number of hydrogen-bond donors (Lipinski definition) is 0. The molecule has 0 unspecified atom stereocenters. The smallest absolute Gasteiger partial charge is 0.326 e. The Balaban J connectivity index is 1.87. The molecule has 0 atom stereocenters. The summed E-state index contributed by atoms with van der Waals surface area (Å²) in [6.45, 7) is 2.35. The number of ether oxygens (including phenoxy) is 1. The summed E-state index contributed by atoms with van der Waals surface area (Å²) in [5.74, 6) is 0.447. The van der Waals surface area contributed by atoms with Gasteiger partial charge < -0.3 is 9.30 Å². The molecule has 0 radical (unpaired) electrons. The first-order valence-electron chi connectivity index (χ1n) is 7.41. The summed E-state index contributed by atoms with van der Waals surface area (Å²) in [6, 6.07) is 13.6. The van der Waals surface area contributed by atoms with Gasteiger partial charge in [0.15, 0.2) is 5.16 Å². The Kier molecular flexibility index (Phi) is 4.92. The number of hydrogen-bond acceptors (Lipinski definition) is 5. The molecule has 0 fully saturated rings. The number of imidazole rings is 1. The average molecular weight is 327 g/mol. The van der Waals surface area contributed by atoms with E-state index in [1.54, 1.807) is 24.9 Å². The second kappa shape index (κ2) is 7.28. The van der Waals surface area contributed by atoms with E-state index in [2.05, 4.69) is 9.97 Å². The van der Waals surface area contributed by atoms with E-state index in [1.165, 1.54) is 0 Å². The molecule has 23 heavy (non-hydrogen) atoms. The monoisotopic (exact) mass is 327 g/mol. The van der Waals surface area contributed by atoms with E-state index in [-0.39, 0.29) is 12.5 Å². The molecule has 1 aromatic carbocycles. The maximum atomic E-state index is 11.9. The van der Waals surface area contributed by atoms with Crippen molar-refractivity contribution in [1.29, 1.82) is 0 Å². The lowest BCUT2D eigenvalue weighted by Gasteiger charge is -2.08. The minimum Gasteiger partial charge on any atom is -0.465 e. The van der Waals surface area contributed by atoms with E-state index >= 15 is 0 Å². The first-order valence-corrected chi connectivity index (χ1v) is 8.40. The Labute approximate surface area is 138 Å². The fourth-order valence-corrected chi connectivity index (χ4v) is 3.20. The van der Waals surface area contributed by atoms with Crippen LogP contribution in [0.15, 0.2) is 53.8 Å². The van der Waals surface area contributed by atoms with E-state index < -0.39 is 0 Å². The number of thioether (sulfide) groups is 1. The van der Waals surface area contributed by atoms with Crippen molar-refractivity contribution in [3.8, 4) is 0 Å². The molecule has 5 nitrogen and oxygen atoms in total. The highest BCUT2D eigenvalue weighted by atomic mass is 32.2. The second-order valence-corrected chi connectivity index (χ2v) is 5.83. The van der Waals surface area contributed by atoms with Crippen molar-refractivity contribution >= 4 is 28.8 Å². The van der Waals surface area contributed by atoms with Gasteiger partial charge in [0.05, 0.1) is 23.3 Å². The predicted molar refractivity (Wildman–Crippen MR) is 90.2 cm³/mol. The van der Waals surface area contributed by atoms with Crippen LogP contribution in [0, 0.1) is 0 Å². The largest absolute Gasteiger partial charge is 0.465 e. The summed E-state index contributed by atoms with van der Waals surface area (Å²) < 4.78 is 6.98. The Hall–Kier alpha value is -2.34. The van der Waals surface area contributed by atoms with Gasteiger partial charge in [0.2, 0.25) is 0 Å². The van der Waals surface area contributed by atoms with E-state index in [0.717, 1.165) is 21.9 Å². The highest BCUT2D eigenvalue weighted by Crippen LogP contribution is 2.26. The molecule has 118 valence electrons. The zero-order valence-electron chi connectivity index (χ0n) is 12.8. The molecular formula is C17H17N3O2S. The molecule has 0 saturated carbocycles. The Morgan fingerprint density at radius 1 is 1.22 bits per heavy atom. The molecule has 0 amide bonds. The number of para-hydroxylation sites is 2. The lowest BCUT2D eigenvalue weighted by molar-refractivity contribution is -0.143. The van der Waals surface area contributed by atoms with Gasteiger partial charge in [0.1, 0.15) is 6.54 Å². The number of benzene rings is 1. The first kappa shape index (κ1) is 15.6. The summed E-state index contributed by atoms with van der Waals surface area (Å²) in [5.41, 5.74) is 2.79. The lowest BCUT2D eigenvalue weighted by atomic mass is 10.3. The van der Waals surface area contributed by atoms with Gasteiger partial charge in [-0.05, 0) is 31.2 Å². The lowest BCUT2D eigenvalue weighted by Crippen LogP contribution is -2.14. The topological polar surface area (TPSA) is 57.0 Å². The first-order chi connectivity index (χ1) is 11.3. The van der Waals surface area contributed by atoms with Crippen LogP contribution in [0.1, 0.15) is 12.6 Å². The van der Waals surface area contributed by atoms with Gasteiger partial charge in [0.25, 0.3) is 0 Å². The minimum absolute atomic E-state index is 0.166. The summed E-state index contributed by atoms with van der Waals surface area (Å²) in [5, 5.41) is 0.796. The molecule has 2 aromatic heterocycles. The molecule has 2 heterocycles. The number of carbonyl (C=O) groups is 1. The number of carbonyl (C=O) groups excluding carboxylic acids is 1. The zero-order chi connectivity index (χ0) is 16.1. The van der Waals surface area contributed by atoms with Crippen molar-refractivity contribution in [2.45, 2.75) is 24.4 Å². The van der Waals surface area contributed by atoms with Crippen LogP contribution in [0.5, 0.6) is 0 Å². The molecule has 0 aliphatic carbocycles. The van der Waals surface area contributed by atoms with Crippen LogP contribution in [0.2, 0.25) is 0 Å². The van der Waals surface area contributed by atoms with Crippen molar-refractivity contribution in [3.05, 3.63) is 54.4 Å². The number of pyridine rings is 1. The third kappa shape index (κ3) is 3.71. The number of fused-ring (bicyclic) bond motifs is 1. The normalized spacial score (nSPS) is 10.8. The maximum absolute atomic E-state index is 11.9. The van der Waals surface area contributed by atoms with Crippen LogP contribution in [-0.4, -0.2) is 27.1 Å². The molecule has 6 heteroatoms. The minimum atomic E-state index is -0.254. The van der Waals surface area contributed by atoms with Gasteiger partial charge in [-0.2, -0.15) is 0 Å². The van der Waals surface area contributed by atoms with Crippen LogP contribution in [0.25, 0.3) is 11.0 Å². The molecule has 0 aliphatic rings. The highest BCUT2D eigenvalue weighted by Gasteiger charge is 2.14. The van der Waals surface area contributed by atoms with Crippen LogP contribution in [0.3, 0.4) is 0 Å². The van der Waals surface area contributed by atoms with Crippen LogP contribution in [-0.2, 0) is 21.8 Å². The Bertz CT molecular complexity index is 802. The standard InChI is InChI=1S/C17H17N3O2S/c1-2-22-16(21)11-20-15-9-4-3-8-14(15)19-17(20)23-12-13-7-5-6-10-18-13/h3-10H,2,11-12H2,1H3.